The summed E-state index contributed by atoms with van der Waals surface area (Å²) in [6.45, 7) is 3.69. The third-order valence-electron chi connectivity index (χ3n) is 5.03. The van der Waals surface area contributed by atoms with E-state index in [0.29, 0.717) is 11.4 Å². The fraction of sp³-hybridized carbons (Fsp3) is 0.389. The van der Waals surface area contributed by atoms with Crippen molar-refractivity contribution in [1.82, 2.24) is 24.6 Å². The maximum Gasteiger partial charge on any atom is 0.179 e. The largest absolute Gasteiger partial charge is 0.353 e. The van der Waals surface area contributed by atoms with Gasteiger partial charge in [0.25, 0.3) is 0 Å². The number of halogens is 1. The molecule has 2 aromatic heterocycles. The lowest BCUT2D eigenvalue weighted by atomic mass is 10.3. The van der Waals surface area contributed by atoms with Gasteiger partial charge in [-0.1, -0.05) is 15.9 Å². The van der Waals surface area contributed by atoms with E-state index in [-0.39, 0.29) is 5.75 Å². The van der Waals surface area contributed by atoms with E-state index in [1.54, 1.807) is 41.5 Å². The molecule has 0 atom stereocenters. The van der Waals surface area contributed by atoms with Gasteiger partial charge in [-0.05, 0) is 24.3 Å². The molecule has 1 fully saturated rings. The smallest absolute Gasteiger partial charge is 0.179 e. The Morgan fingerprint density at radius 3 is 2.50 bits per heavy atom. The van der Waals surface area contributed by atoms with Crippen LogP contribution in [-0.4, -0.2) is 71.5 Å². The van der Waals surface area contributed by atoms with Crippen LogP contribution in [0, 0.1) is 0 Å². The molecule has 4 rings (SSSR count). The van der Waals surface area contributed by atoms with Gasteiger partial charge in [-0.3, -0.25) is 9.58 Å². The van der Waals surface area contributed by atoms with Crippen molar-refractivity contribution in [2.75, 3.05) is 43.4 Å². The first kappa shape index (κ1) is 19.3. The highest BCUT2D eigenvalue weighted by molar-refractivity contribution is 9.10. The van der Waals surface area contributed by atoms with Gasteiger partial charge in [0.15, 0.2) is 15.5 Å². The molecule has 0 bridgehead atoms. The Bertz CT molecular complexity index is 1080. The fourth-order valence-corrected chi connectivity index (χ4v) is 4.94. The summed E-state index contributed by atoms with van der Waals surface area (Å²) in [6, 6.07) is 6.80. The lowest BCUT2D eigenvalue weighted by molar-refractivity contribution is 0.271. The summed E-state index contributed by atoms with van der Waals surface area (Å²) in [5, 5.41) is 5.21. The van der Waals surface area contributed by atoms with Crippen LogP contribution >= 0.6 is 15.9 Å². The molecule has 1 aromatic carbocycles. The van der Waals surface area contributed by atoms with Crippen molar-refractivity contribution >= 4 is 42.6 Å². The number of hydrogen-bond acceptors (Lipinski definition) is 7. The minimum absolute atomic E-state index is 0.120. The predicted octanol–water partition coefficient (Wildman–Crippen LogP) is 1.72. The molecule has 1 aliphatic heterocycles. The zero-order chi connectivity index (χ0) is 19.7. The van der Waals surface area contributed by atoms with E-state index in [9.17, 15) is 8.42 Å². The van der Waals surface area contributed by atoms with Gasteiger partial charge < -0.3 is 4.90 Å². The van der Waals surface area contributed by atoms with E-state index in [2.05, 4.69) is 40.8 Å². The Balaban J connectivity index is 1.37. The molecule has 0 N–H and O–H groups in total. The second-order valence-electron chi connectivity index (χ2n) is 6.80. The molecule has 0 amide bonds. The molecule has 28 heavy (non-hydrogen) atoms. The van der Waals surface area contributed by atoms with Crippen LogP contribution in [0.4, 0.5) is 5.82 Å². The number of piperazine rings is 1. The molecule has 10 heteroatoms. The van der Waals surface area contributed by atoms with E-state index < -0.39 is 9.84 Å². The number of nitrogens with zero attached hydrogens (tertiary/aromatic N) is 6. The highest BCUT2D eigenvalue weighted by Gasteiger charge is 2.23. The van der Waals surface area contributed by atoms with E-state index in [0.717, 1.165) is 47.5 Å². The summed E-state index contributed by atoms with van der Waals surface area (Å²) in [6.07, 6.45) is 3.36. The van der Waals surface area contributed by atoms with Crippen LogP contribution in [0.3, 0.4) is 0 Å². The first-order valence-electron chi connectivity index (χ1n) is 9.02. The van der Waals surface area contributed by atoms with Gasteiger partial charge >= 0.3 is 0 Å². The molecular weight excluding hydrogens is 444 g/mol. The minimum atomic E-state index is -3.28. The van der Waals surface area contributed by atoms with Crippen molar-refractivity contribution < 1.29 is 8.42 Å². The number of rotatable bonds is 5. The lowest BCUT2D eigenvalue weighted by Crippen LogP contribution is -2.48. The third kappa shape index (κ3) is 3.89. The number of anilines is 1. The van der Waals surface area contributed by atoms with Crippen LogP contribution in [0.25, 0.3) is 11.0 Å². The Kier molecular flexibility index (Phi) is 5.35. The zero-order valence-corrected chi connectivity index (χ0v) is 17.9. The van der Waals surface area contributed by atoms with Gasteiger partial charge in [-0.15, -0.1) is 0 Å². The van der Waals surface area contributed by atoms with E-state index in [1.165, 1.54) is 0 Å². The number of aromatic nitrogens is 4. The van der Waals surface area contributed by atoms with Crippen molar-refractivity contribution in [2.45, 2.75) is 4.90 Å². The fourth-order valence-electron chi connectivity index (χ4n) is 3.39. The van der Waals surface area contributed by atoms with Crippen LogP contribution in [0.15, 0.2) is 46.2 Å². The van der Waals surface area contributed by atoms with Gasteiger partial charge in [-0.2, -0.15) is 5.10 Å². The average Bonchev–Trinajstić information content (AvgIpc) is 3.08. The zero-order valence-electron chi connectivity index (χ0n) is 15.5. The molecule has 0 saturated carbocycles. The number of sulfone groups is 1. The van der Waals surface area contributed by atoms with E-state index in [4.69, 9.17) is 0 Å². The summed E-state index contributed by atoms with van der Waals surface area (Å²) < 4.78 is 27.7. The molecule has 3 heterocycles. The highest BCUT2D eigenvalue weighted by atomic mass is 79.9. The second-order valence-corrected chi connectivity index (χ2v) is 9.83. The van der Waals surface area contributed by atoms with Gasteiger partial charge in [0, 0.05) is 44.2 Å². The molecule has 1 aliphatic rings. The van der Waals surface area contributed by atoms with Gasteiger partial charge in [-0.25, -0.2) is 18.4 Å². The normalized spacial score (nSPS) is 16.0. The van der Waals surface area contributed by atoms with Gasteiger partial charge in [0.05, 0.1) is 22.2 Å². The number of aryl methyl sites for hydroxylation is 1. The summed E-state index contributed by atoms with van der Waals surface area (Å²) in [7, 11) is -1.41. The molecular formula is C18H21BrN6O2S. The van der Waals surface area contributed by atoms with Crippen molar-refractivity contribution in [3.8, 4) is 0 Å². The molecule has 8 nitrogen and oxygen atoms in total. The van der Waals surface area contributed by atoms with Crippen molar-refractivity contribution in [3.05, 3.63) is 41.3 Å². The van der Waals surface area contributed by atoms with Crippen molar-refractivity contribution in [2.24, 2.45) is 7.05 Å². The van der Waals surface area contributed by atoms with Crippen LogP contribution in [0.1, 0.15) is 0 Å². The summed E-state index contributed by atoms with van der Waals surface area (Å²) in [5.74, 6) is 1.01. The molecule has 3 aromatic rings. The Morgan fingerprint density at radius 1 is 1.07 bits per heavy atom. The molecule has 148 valence electrons. The molecule has 0 unspecified atom stereocenters. The highest BCUT2D eigenvalue weighted by Crippen LogP contribution is 2.23. The van der Waals surface area contributed by atoms with Crippen molar-refractivity contribution in [1.29, 1.82) is 0 Å². The predicted molar refractivity (Wildman–Crippen MR) is 111 cm³/mol. The molecule has 1 saturated heterocycles. The van der Waals surface area contributed by atoms with Crippen LogP contribution in [0.5, 0.6) is 0 Å². The summed E-state index contributed by atoms with van der Waals surface area (Å²) in [4.78, 5) is 13.5. The number of benzene rings is 1. The minimum Gasteiger partial charge on any atom is -0.353 e. The average molecular weight is 465 g/mol. The first-order valence-corrected chi connectivity index (χ1v) is 11.5. The van der Waals surface area contributed by atoms with Crippen LogP contribution in [-0.2, 0) is 16.9 Å². The van der Waals surface area contributed by atoms with Crippen LogP contribution < -0.4 is 4.90 Å². The SMILES string of the molecule is Cn1ncc2c(N3CCN(CCS(=O)(=O)c4ccc(Br)cc4)CC3)ncnc21. The van der Waals surface area contributed by atoms with E-state index in [1.807, 2.05) is 7.05 Å². The molecule has 0 spiro atoms. The molecule has 0 radical (unpaired) electrons. The van der Waals surface area contributed by atoms with E-state index >= 15 is 0 Å². The van der Waals surface area contributed by atoms with Crippen LogP contribution in [0.2, 0.25) is 0 Å². The van der Waals surface area contributed by atoms with Crippen molar-refractivity contribution in [3.63, 3.8) is 0 Å². The molecule has 0 aliphatic carbocycles. The second kappa shape index (κ2) is 7.76. The summed E-state index contributed by atoms with van der Waals surface area (Å²) in [5.41, 5.74) is 0.813. The number of fused-ring (bicyclic) bond motifs is 1. The summed E-state index contributed by atoms with van der Waals surface area (Å²) >= 11 is 3.33. The topological polar surface area (TPSA) is 84.2 Å². The Hall–Kier alpha value is -2.04. The van der Waals surface area contributed by atoms with Gasteiger partial charge in [0.2, 0.25) is 0 Å². The Labute approximate surface area is 172 Å². The monoisotopic (exact) mass is 464 g/mol. The quantitative estimate of drug-likeness (QED) is 0.568. The standard InChI is InChI=1S/C18H21BrN6O2S/c1-23-17-16(12-22-23)18(21-13-20-17)25-8-6-24(7-9-25)10-11-28(26,27)15-4-2-14(19)3-5-15/h2-5,12-13H,6-11H2,1H3. The lowest BCUT2D eigenvalue weighted by Gasteiger charge is -2.35. The first-order chi connectivity index (χ1) is 13.4. The van der Waals surface area contributed by atoms with Gasteiger partial charge in [0.1, 0.15) is 12.1 Å². The number of hydrogen-bond donors (Lipinski definition) is 0. The maximum absolute atomic E-state index is 12.5. The Morgan fingerprint density at radius 2 is 1.79 bits per heavy atom. The maximum atomic E-state index is 12.5. The third-order valence-corrected chi connectivity index (χ3v) is 7.27.